The molecule has 1 aliphatic rings. The standard InChI is InChI=1S/C30H28N2O6S/c1-5-17-7-13-21-24(15-17)39-30(31-21)32-26(19-10-14-22(36-3)23(16-19)37-4)25(28(34)29(32)35)27(33)18-8-11-20(12-9-18)38-6-2/h7-16,26,33H,5-6H2,1-4H3/t26-/m1/s1. The molecule has 200 valence electrons. The number of nitrogens with zero attached hydrogens (tertiary/aromatic N) is 2. The van der Waals surface area contributed by atoms with E-state index in [0.29, 0.717) is 40.1 Å². The van der Waals surface area contributed by atoms with E-state index >= 15 is 0 Å². The van der Waals surface area contributed by atoms with Gasteiger partial charge in [0.05, 0.1) is 42.7 Å². The number of amides is 1. The lowest BCUT2D eigenvalue weighted by Gasteiger charge is -2.23. The molecule has 0 saturated carbocycles. The summed E-state index contributed by atoms with van der Waals surface area (Å²) in [4.78, 5) is 33.2. The van der Waals surface area contributed by atoms with Crippen molar-refractivity contribution in [3.8, 4) is 17.2 Å². The van der Waals surface area contributed by atoms with Crippen molar-refractivity contribution in [2.75, 3.05) is 25.7 Å². The molecule has 1 saturated heterocycles. The molecule has 0 radical (unpaired) electrons. The molecule has 0 unspecified atom stereocenters. The van der Waals surface area contributed by atoms with E-state index in [-0.39, 0.29) is 11.3 Å². The number of fused-ring (bicyclic) bond motifs is 1. The van der Waals surface area contributed by atoms with Crippen molar-refractivity contribution in [2.24, 2.45) is 0 Å². The molecule has 1 N–H and O–H groups in total. The SMILES string of the molecule is CCOc1ccc(C(O)=C2C(=O)C(=O)N(c3nc4ccc(CC)cc4s3)[C@@H]2c2ccc(OC)c(OC)c2)cc1. The van der Waals surface area contributed by atoms with Gasteiger partial charge in [0.25, 0.3) is 5.78 Å². The van der Waals surface area contributed by atoms with Gasteiger partial charge in [0.15, 0.2) is 16.6 Å². The molecule has 8 nitrogen and oxygen atoms in total. The molecule has 2 heterocycles. The zero-order valence-corrected chi connectivity index (χ0v) is 22.9. The third-order valence-corrected chi connectivity index (χ3v) is 7.68. The first kappa shape index (κ1) is 26.2. The number of ketones is 1. The summed E-state index contributed by atoms with van der Waals surface area (Å²) in [6.45, 7) is 4.45. The van der Waals surface area contributed by atoms with Gasteiger partial charge in [-0.1, -0.05) is 30.4 Å². The second-order valence-corrected chi connectivity index (χ2v) is 9.90. The van der Waals surface area contributed by atoms with E-state index in [1.807, 2.05) is 25.1 Å². The number of rotatable bonds is 8. The van der Waals surface area contributed by atoms with Crippen LogP contribution in [0.2, 0.25) is 0 Å². The molecule has 1 aliphatic heterocycles. The molecule has 0 bridgehead atoms. The lowest BCUT2D eigenvalue weighted by molar-refractivity contribution is -0.132. The quantitative estimate of drug-likeness (QED) is 0.168. The second kappa shape index (κ2) is 10.8. The molecular weight excluding hydrogens is 516 g/mol. The number of thiazole rings is 1. The van der Waals surface area contributed by atoms with Gasteiger partial charge in [-0.2, -0.15) is 0 Å². The van der Waals surface area contributed by atoms with Crippen LogP contribution < -0.4 is 19.1 Å². The summed E-state index contributed by atoms with van der Waals surface area (Å²) in [5.74, 6) is -0.290. The van der Waals surface area contributed by atoms with Gasteiger partial charge < -0.3 is 19.3 Å². The van der Waals surface area contributed by atoms with Crippen LogP contribution >= 0.6 is 11.3 Å². The number of hydrogen-bond donors (Lipinski definition) is 1. The Balaban J connectivity index is 1.70. The Kier molecular flexibility index (Phi) is 7.26. The topological polar surface area (TPSA) is 98.2 Å². The Morgan fingerprint density at radius 3 is 2.38 bits per heavy atom. The first-order chi connectivity index (χ1) is 18.9. The van der Waals surface area contributed by atoms with Crippen molar-refractivity contribution < 1.29 is 28.9 Å². The van der Waals surface area contributed by atoms with Crippen molar-refractivity contribution in [2.45, 2.75) is 26.3 Å². The summed E-state index contributed by atoms with van der Waals surface area (Å²) in [6.07, 6.45) is 0.863. The number of carbonyl (C=O) groups is 2. The molecular formula is C30H28N2O6S. The Morgan fingerprint density at radius 1 is 0.974 bits per heavy atom. The largest absolute Gasteiger partial charge is 0.507 e. The minimum atomic E-state index is -0.942. The van der Waals surface area contributed by atoms with Crippen LogP contribution in [0.4, 0.5) is 5.13 Å². The van der Waals surface area contributed by atoms with Gasteiger partial charge in [-0.3, -0.25) is 14.5 Å². The zero-order valence-electron chi connectivity index (χ0n) is 22.1. The number of hydrogen-bond acceptors (Lipinski definition) is 8. The highest BCUT2D eigenvalue weighted by atomic mass is 32.1. The Morgan fingerprint density at radius 2 is 1.72 bits per heavy atom. The third-order valence-electron chi connectivity index (χ3n) is 6.66. The molecule has 1 fully saturated rings. The number of ether oxygens (including phenoxy) is 3. The Bertz CT molecular complexity index is 1590. The van der Waals surface area contributed by atoms with Gasteiger partial charge in [-0.25, -0.2) is 4.98 Å². The van der Waals surface area contributed by atoms with E-state index in [1.54, 1.807) is 42.5 Å². The lowest BCUT2D eigenvalue weighted by Crippen LogP contribution is -2.29. The summed E-state index contributed by atoms with van der Waals surface area (Å²) in [7, 11) is 3.04. The summed E-state index contributed by atoms with van der Waals surface area (Å²) in [5, 5.41) is 11.8. The third kappa shape index (κ3) is 4.70. The van der Waals surface area contributed by atoms with Gasteiger partial charge in [-0.05, 0) is 73.0 Å². The number of carbonyl (C=O) groups excluding carboxylic acids is 2. The van der Waals surface area contributed by atoms with E-state index in [0.717, 1.165) is 22.2 Å². The fourth-order valence-corrected chi connectivity index (χ4v) is 5.74. The number of Topliss-reactive ketones (excluding diaryl/α,β-unsaturated/α-hetero) is 1. The monoisotopic (exact) mass is 544 g/mol. The van der Waals surface area contributed by atoms with Crippen LogP contribution in [0.1, 0.15) is 36.6 Å². The number of aromatic nitrogens is 1. The number of methoxy groups -OCH3 is 2. The van der Waals surface area contributed by atoms with Crippen molar-refractivity contribution in [3.05, 3.63) is 82.9 Å². The van der Waals surface area contributed by atoms with Crippen LogP contribution in [-0.2, 0) is 16.0 Å². The molecule has 1 aromatic heterocycles. The predicted molar refractivity (Wildman–Crippen MR) is 151 cm³/mol. The van der Waals surface area contributed by atoms with Crippen LogP contribution in [0.25, 0.3) is 16.0 Å². The van der Waals surface area contributed by atoms with Gasteiger partial charge in [0.1, 0.15) is 11.5 Å². The van der Waals surface area contributed by atoms with E-state index in [4.69, 9.17) is 19.2 Å². The number of aliphatic hydroxyl groups excluding tert-OH is 1. The van der Waals surface area contributed by atoms with Crippen molar-refractivity contribution in [1.29, 1.82) is 0 Å². The second-order valence-electron chi connectivity index (χ2n) is 8.89. The maximum atomic E-state index is 13.6. The fraction of sp³-hybridized carbons (Fsp3) is 0.233. The highest BCUT2D eigenvalue weighted by molar-refractivity contribution is 7.22. The molecule has 0 spiro atoms. The molecule has 4 aromatic rings. The Hall–Kier alpha value is -4.37. The molecule has 3 aromatic carbocycles. The van der Waals surface area contributed by atoms with Crippen molar-refractivity contribution in [1.82, 2.24) is 4.98 Å². The average Bonchev–Trinajstić information content (AvgIpc) is 3.50. The summed E-state index contributed by atoms with van der Waals surface area (Å²) >= 11 is 1.33. The predicted octanol–water partition coefficient (Wildman–Crippen LogP) is 5.90. The van der Waals surface area contributed by atoms with Gasteiger partial charge >= 0.3 is 5.91 Å². The number of anilines is 1. The number of aliphatic hydroxyl groups is 1. The van der Waals surface area contributed by atoms with Crippen LogP contribution in [0.5, 0.6) is 17.2 Å². The first-order valence-electron chi connectivity index (χ1n) is 12.6. The van der Waals surface area contributed by atoms with Crippen molar-refractivity contribution >= 4 is 44.1 Å². The molecule has 1 amide bonds. The van der Waals surface area contributed by atoms with E-state index in [1.165, 1.54) is 30.5 Å². The summed E-state index contributed by atoms with van der Waals surface area (Å²) in [5.41, 5.74) is 2.79. The number of benzene rings is 3. The highest BCUT2D eigenvalue weighted by Gasteiger charge is 2.48. The normalized spacial score (nSPS) is 16.6. The van der Waals surface area contributed by atoms with Crippen LogP contribution in [0.15, 0.2) is 66.2 Å². The Labute approximate surface area is 230 Å². The fourth-order valence-electron chi connectivity index (χ4n) is 4.68. The van der Waals surface area contributed by atoms with Crippen molar-refractivity contribution in [3.63, 3.8) is 0 Å². The zero-order chi connectivity index (χ0) is 27.7. The maximum Gasteiger partial charge on any atom is 0.301 e. The summed E-state index contributed by atoms with van der Waals surface area (Å²) < 4.78 is 17.3. The van der Waals surface area contributed by atoms with Gasteiger partial charge in [-0.15, -0.1) is 0 Å². The first-order valence-corrected chi connectivity index (χ1v) is 13.4. The van der Waals surface area contributed by atoms with Gasteiger partial charge in [0.2, 0.25) is 0 Å². The molecule has 39 heavy (non-hydrogen) atoms. The van der Waals surface area contributed by atoms with E-state index in [2.05, 4.69) is 6.92 Å². The van der Waals surface area contributed by atoms with Gasteiger partial charge in [0, 0.05) is 5.56 Å². The molecule has 1 atom stereocenters. The van der Waals surface area contributed by atoms with Crippen LogP contribution in [0, 0.1) is 0 Å². The number of aryl methyl sites for hydroxylation is 1. The van der Waals surface area contributed by atoms with Crippen LogP contribution in [-0.4, -0.2) is 42.6 Å². The maximum absolute atomic E-state index is 13.6. The van der Waals surface area contributed by atoms with E-state index < -0.39 is 17.7 Å². The lowest BCUT2D eigenvalue weighted by atomic mass is 9.95. The average molecular weight is 545 g/mol. The highest BCUT2D eigenvalue weighted by Crippen LogP contribution is 2.46. The molecule has 0 aliphatic carbocycles. The molecule has 5 rings (SSSR count). The smallest absolute Gasteiger partial charge is 0.301 e. The summed E-state index contributed by atoms with van der Waals surface area (Å²) in [6, 6.07) is 16.9. The minimum Gasteiger partial charge on any atom is -0.507 e. The van der Waals surface area contributed by atoms with Crippen LogP contribution in [0.3, 0.4) is 0 Å². The minimum absolute atomic E-state index is 0.0371. The van der Waals surface area contributed by atoms with E-state index in [9.17, 15) is 14.7 Å². The molecule has 9 heteroatoms.